The van der Waals surface area contributed by atoms with Gasteiger partial charge in [-0.3, -0.25) is 23.7 Å². The number of aromatic nitrogens is 2. The number of phosphoric acid groups is 2. The predicted octanol–water partition coefficient (Wildman–Crippen LogP) is 0.223. The molecule has 34 heavy (non-hydrogen) atoms. The molecular formula is C15H17FN4O12P2. The van der Waals surface area contributed by atoms with E-state index in [9.17, 15) is 24.0 Å². The second-order valence-electron chi connectivity index (χ2n) is 6.86. The number of anilines is 1. The van der Waals surface area contributed by atoms with Gasteiger partial charge >= 0.3 is 21.3 Å². The molecule has 1 aliphatic heterocycles. The first-order valence-electron chi connectivity index (χ1n) is 9.04. The summed E-state index contributed by atoms with van der Waals surface area (Å²) in [6.07, 6.45) is -7.50. The van der Waals surface area contributed by atoms with Gasteiger partial charge in [-0.15, -0.1) is 0 Å². The highest BCUT2D eigenvalue weighted by Gasteiger charge is 2.50. The Labute approximate surface area is 188 Å². The summed E-state index contributed by atoms with van der Waals surface area (Å²) in [6.45, 7) is -1.07. The largest absolute Gasteiger partial charge is 0.470 e. The first-order valence-corrected chi connectivity index (χ1v) is 12.1. The number of phosphoric ester groups is 2. The van der Waals surface area contributed by atoms with Crippen LogP contribution in [-0.2, 0) is 22.9 Å². The van der Waals surface area contributed by atoms with E-state index in [1.807, 2.05) is 0 Å². The second kappa shape index (κ2) is 9.58. The highest BCUT2D eigenvalue weighted by atomic mass is 31.2. The quantitative estimate of drug-likeness (QED) is 0.175. The van der Waals surface area contributed by atoms with E-state index in [-0.39, 0.29) is 11.1 Å². The molecule has 2 aromatic rings. The van der Waals surface area contributed by atoms with E-state index in [1.54, 1.807) is 0 Å². The molecule has 186 valence electrons. The van der Waals surface area contributed by atoms with Crippen molar-refractivity contribution in [3.05, 3.63) is 51.1 Å². The Kier molecular flexibility index (Phi) is 7.33. The fourth-order valence-electron chi connectivity index (χ4n) is 3.24. The molecule has 1 aliphatic rings. The molecule has 4 atom stereocenters. The van der Waals surface area contributed by atoms with E-state index in [0.29, 0.717) is 4.57 Å². The normalized spacial score (nSPS) is 23.2. The Balaban J connectivity index is 2.06. The molecule has 1 aromatic carbocycles. The lowest BCUT2D eigenvalue weighted by Gasteiger charge is -2.19. The van der Waals surface area contributed by atoms with Crippen molar-refractivity contribution in [1.82, 2.24) is 9.55 Å². The zero-order valence-corrected chi connectivity index (χ0v) is 18.4. The Bertz CT molecular complexity index is 1250. The Hall–Kier alpha value is -2.59. The van der Waals surface area contributed by atoms with Crippen molar-refractivity contribution in [2.24, 2.45) is 0 Å². The molecule has 1 saturated heterocycles. The van der Waals surface area contributed by atoms with Gasteiger partial charge in [0.15, 0.2) is 12.4 Å². The van der Waals surface area contributed by atoms with E-state index >= 15 is 4.39 Å². The van der Waals surface area contributed by atoms with E-state index in [0.717, 1.165) is 12.3 Å². The fraction of sp³-hybridized carbons (Fsp3) is 0.333. The molecule has 0 amide bonds. The minimum Gasteiger partial charge on any atom is -0.383 e. The van der Waals surface area contributed by atoms with Crippen LogP contribution in [0.1, 0.15) is 6.23 Å². The molecule has 0 saturated carbocycles. The van der Waals surface area contributed by atoms with Crippen molar-refractivity contribution in [1.29, 1.82) is 0 Å². The zero-order valence-electron chi connectivity index (χ0n) is 16.6. The highest BCUT2D eigenvalue weighted by molar-refractivity contribution is 7.46. The van der Waals surface area contributed by atoms with Gasteiger partial charge in [0, 0.05) is 17.8 Å². The fourth-order valence-corrected chi connectivity index (χ4v) is 4.15. The van der Waals surface area contributed by atoms with Gasteiger partial charge in [0.2, 0.25) is 0 Å². The summed E-state index contributed by atoms with van der Waals surface area (Å²) in [5, 5.41) is 11.4. The maximum atomic E-state index is 15.2. The van der Waals surface area contributed by atoms with Crippen molar-refractivity contribution in [3.8, 4) is 11.1 Å². The van der Waals surface area contributed by atoms with Crippen LogP contribution in [-0.4, -0.2) is 59.0 Å². The molecule has 0 unspecified atom stereocenters. The number of ether oxygens (including phenoxy) is 1. The van der Waals surface area contributed by atoms with E-state index in [1.165, 1.54) is 18.2 Å². The molecule has 0 spiro atoms. The minimum absolute atomic E-state index is 0.0796. The smallest absolute Gasteiger partial charge is 0.383 e. The zero-order chi connectivity index (χ0) is 25.4. The number of hydrogen-bond acceptors (Lipinski definition) is 10. The Morgan fingerprint density at radius 2 is 1.85 bits per heavy atom. The van der Waals surface area contributed by atoms with Gasteiger partial charge in [-0.05, 0) is 6.07 Å². The molecule has 6 N–H and O–H groups in total. The number of benzene rings is 1. The molecular weight excluding hydrogens is 509 g/mol. The van der Waals surface area contributed by atoms with Crippen LogP contribution in [0, 0.1) is 10.1 Å². The lowest BCUT2D eigenvalue weighted by molar-refractivity contribution is -0.384. The number of nitrogen functional groups attached to an aromatic ring is 1. The number of nitrogens with zero attached hydrogens (tertiary/aromatic N) is 3. The van der Waals surface area contributed by atoms with Crippen LogP contribution < -0.4 is 11.4 Å². The van der Waals surface area contributed by atoms with Gasteiger partial charge in [-0.25, -0.2) is 18.3 Å². The maximum Gasteiger partial charge on any atom is 0.470 e. The maximum absolute atomic E-state index is 15.2. The van der Waals surface area contributed by atoms with Gasteiger partial charge < -0.3 is 30.0 Å². The van der Waals surface area contributed by atoms with Crippen molar-refractivity contribution in [3.63, 3.8) is 0 Å². The van der Waals surface area contributed by atoms with Crippen molar-refractivity contribution in [2.75, 3.05) is 12.3 Å². The predicted molar refractivity (Wildman–Crippen MR) is 109 cm³/mol. The van der Waals surface area contributed by atoms with Crippen LogP contribution >= 0.6 is 15.6 Å². The molecule has 16 nitrogen and oxygen atoms in total. The average molecular weight is 526 g/mol. The molecule has 2 heterocycles. The van der Waals surface area contributed by atoms with Crippen LogP contribution in [0.15, 0.2) is 35.3 Å². The van der Waals surface area contributed by atoms with Gasteiger partial charge in [0.25, 0.3) is 5.69 Å². The van der Waals surface area contributed by atoms with Gasteiger partial charge in [-0.2, -0.15) is 4.98 Å². The Morgan fingerprint density at radius 1 is 1.21 bits per heavy atom. The monoisotopic (exact) mass is 526 g/mol. The summed E-state index contributed by atoms with van der Waals surface area (Å²) in [7, 11) is -10.4. The number of nitro groups is 1. The molecule has 0 bridgehead atoms. The topological polar surface area (TPSA) is 247 Å². The summed E-state index contributed by atoms with van der Waals surface area (Å²) >= 11 is 0. The van der Waals surface area contributed by atoms with Gasteiger partial charge in [0.1, 0.15) is 18.0 Å². The number of nitro benzene ring substituents is 1. The number of hydrogen-bond donors (Lipinski definition) is 5. The van der Waals surface area contributed by atoms with Crippen LogP contribution in [0.2, 0.25) is 0 Å². The van der Waals surface area contributed by atoms with E-state index < -0.39 is 69.0 Å². The molecule has 3 rings (SSSR count). The standard InChI is InChI=1S/C15H17FN4O12P2/c16-11-12(32-34(27,28)29)10(6-30-33(24,25)26)31-14(11)19-5-8(13(17)18-15(19)21)7-3-1-2-4-9(7)20(22)23/h1-5,10-12,14H,6H2,(H2,17,18,21)(H2,24,25,26)(H2,27,28,29)/t10-,11+,12-,14-/m1/s1. The molecule has 1 fully saturated rings. The van der Waals surface area contributed by atoms with Crippen molar-refractivity contribution >= 4 is 27.2 Å². The number of para-hydroxylation sites is 1. The van der Waals surface area contributed by atoms with Crippen LogP contribution in [0.25, 0.3) is 11.1 Å². The number of nitrogens with two attached hydrogens (primary N) is 1. The van der Waals surface area contributed by atoms with Crippen molar-refractivity contribution < 1.29 is 51.8 Å². The third-order valence-corrected chi connectivity index (χ3v) is 5.58. The Morgan fingerprint density at radius 3 is 2.44 bits per heavy atom. The number of halogens is 1. The molecule has 1 aromatic heterocycles. The third-order valence-electron chi connectivity index (χ3n) is 4.58. The molecule has 0 aliphatic carbocycles. The van der Waals surface area contributed by atoms with E-state index in [4.69, 9.17) is 30.0 Å². The third kappa shape index (κ3) is 5.90. The summed E-state index contributed by atoms with van der Waals surface area (Å²) in [4.78, 5) is 62.5. The molecule has 0 radical (unpaired) electrons. The summed E-state index contributed by atoms with van der Waals surface area (Å²) in [5.74, 6) is -0.437. The summed E-state index contributed by atoms with van der Waals surface area (Å²) in [5.41, 5.74) is 3.89. The van der Waals surface area contributed by atoms with Crippen LogP contribution in [0.4, 0.5) is 15.9 Å². The number of rotatable bonds is 8. The second-order valence-corrected chi connectivity index (χ2v) is 9.29. The molecule has 19 heteroatoms. The van der Waals surface area contributed by atoms with Crippen molar-refractivity contribution in [2.45, 2.75) is 24.6 Å². The first kappa shape index (κ1) is 26.0. The van der Waals surface area contributed by atoms with Crippen LogP contribution in [0.5, 0.6) is 0 Å². The SMILES string of the molecule is Nc1nc(=O)n([C@@H]2O[C@H](COP(=O)(O)O)[C@@H](OP(=O)(O)O)[C@@H]2F)cc1-c1ccccc1[N+](=O)[O-]. The highest BCUT2D eigenvalue weighted by Crippen LogP contribution is 2.46. The van der Waals surface area contributed by atoms with E-state index in [2.05, 4.69) is 14.0 Å². The lowest BCUT2D eigenvalue weighted by atomic mass is 10.1. The van der Waals surface area contributed by atoms with Crippen LogP contribution in [0.3, 0.4) is 0 Å². The number of alkyl halides is 1. The average Bonchev–Trinajstić information content (AvgIpc) is 3.00. The summed E-state index contributed by atoms with van der Waals surface area (Å²) in [6, 6.07) is 5.24. The van der Waals surface area contributed by atoms with Gasteiger partial charge in [-0.1, -0.05) is 12.1 Å². The van der Waals surface area contributed by atoms with Gasteiger partial charge in [0.05, 0.1) is 17.1 Å². The lowest BCUT2D eigenvalue weighted by Crippen LogP contribution is -2.35. The summed E-state index contributed by atoms with van der Waals surface area (Å²) < 4.78 is 51.8. The minimum atomic E-state index is -5.33. The first-order chi connectivity index (χ1) is 15.7.